The van der Waals surface area contributed by atoms with E-state index in [9.17, 15) is 4.79 Å². The van der Waals surface area contributed by atoms with Gasteiger partial charge in [0.15, 0.2) is 0 Å². The molecule has 130 valence electrons. The first-order valence-corrected chi connectivity index (χ1v) is 8.50. The van der Waals surface area contributed by atoms with E-state index in [1.165, 1.54) is 0 Å². The van der Waals surface area contributed by atoms with Gasteiger partial charge in [-0.15, -0.1) is 5.10 Å². The summed E-state index contributed by atoms with van der Waals surface area (Å²) in [6, 6.07) is 8.84. The minimum Gasteiger partial charge on any atom is -0.472 e. The summed E-state index contributed by atoms with van der Waals surface area (Å²) >= 11 is 5.88. The highest BCUT2D eigenvalue weighted by Crippen LogP contribution is 2.20. The molecule has 2 heterocycles. The molecule has 1 amide bonds. The first-order chi connectivity index (χ1) is 12.1. The van der Waals surface area contributed by atoms with Gasteiger partial charge in [0.1, 0.15) is 6.61 Å². The summed E-state index contributed by atoms with van der Waals surface area (Å²) in [5.41, 5.74) is 2.60. The lowest BCUT2D eigenvalue weighted by Gasteiger charge is -2.27. The summed E-state index contributed by atoms with van der Waals surface area (Å²) in [5, 5.41) is 5.07. The van der Waals surface area contributed by atoms with Crippen molar-refractivity contribution >= 4 is 17.5 Å². The summed E-state index contributed by atoms with van der Waals surface area (Å²) in [7, 11) is 0. The van der Waals surface area contributed by atoms with Crippen molar-refractivity contribution in [3.8, 4) is 5.88 Å². The van der Waals surface area contributed by atoms with Gasteiger partial charge >= 0.3 is 0 Å². The van der Waals surface area contributed by atoms with Gasteiger partial charge < -0.3 is 9.64 Å². The lowest BCUT2D eigenvalue weighted by molar-refractivity contribution is 0.0706. The van der Waals surface area contributed by atoms with Crippen molar-refractivity contribution in [1.82, 2.24) is 14.7 Å². The molecule has 0 unspecified atom stereocenters. The summed E-state index contributed by atoms with van der Waals surface area (Å²) < 4.78 is 7.60. The molecule has 1 aliphatic heterocycles. The van der Waals surface area contributed by atoms with E-state index >= 15 is 0 Å². The number of carbonyl (C=O) groups is 1. The minimum absolute atomic E-state index is 0.00514. The van der Waals surface area contributed by atoms with Crippen LogP contribution in [0.1, 0.15) is 23.0 Å². The Morgan fingerprint density at radius 1 is 1.36 bits per heavy atom. The predicted octanol–water partition coefficient (Wildman–Crippen LogP) is 3.70. The highest BCUT2D eigenvalue weighted by atomic mass is 35.5. The molecule has 1 aromatic heterocycles. The maximum Gasteiger partial charge on any atom is 0.254 e. The Balaban J connectivity index is 1.68. The van der Waals surface area contributed by atoms with E-state index in [1.54, 1.807) is 30.3 Å². The standard InChI is InChI=1S/C19H20ClN3O2/c1-3-14(4-2)13-25-18-11-17-12-22(9-10-23(17)21-18)19(24)15-5-7-16(20)8-6-15/h3-8,11H,1,9-10,12-13H2,2H3/b14-4+. The van der Waals surface area contributed by atoms with Gasteiger partial charge in [-0.1, -0.05) is 30.3 Å². The smallest absolute Gasteiger partial charge is 0.254 e. The van der Waals surface area contributed by atoms with Crippen LogP contribution < -0.4 is 4.74 Å². The molecule has 0 radical (unpaired) electrons. The largest absolute Gasteiger partial charge is 0.472 e. The van der Waals surface area contributed by atoms with Crippen molar-refractivity contribution in [3.63, 3.8) is 0 Å². The second kappa shape index (κ2) is 7.57. The van der Waals surface area contributed by atoms with Gasteiger partial charge in [0.25, 0.3) is 5.91 Å². The fraction of sp³-hybridized carbons (Fsp3) is 0.263. The van der Waals surface area contributed by atoms with Gasteiger partial charge in [-0.2, -0.15) is 0 Å². The van der Waals surface area contributed by atoms with E-state index in [4.69, 9.17) is 16.3 Å². The van der Waals surface area contributed by atoms with E-state index in [-0.39, 0.29) is 5.91 Å². The second-order valence-electron chi connectivity index (χ2n) is 5.79. The fourth-order valence-electron chi connectivity index (χ4n) is 2.68. The molecule has 0 bridgehead atoms. The Labute approximate surface area is 152 Å². The number of benzene rings is 1. The molecular formula is C19H20ClN3O2. The Morgan fingerprint density at radius 3 is 2.80 bits per heavy atom. The fourth-order valence-corrected chi connectivity index (χ4v) is 2.80. The van der Waals surface area contributed by atoms with Crippen LogP contribution in [0.15, 0.2) is 54.6 Å². The topological polar surface area (TPSA) is 47.4 Å². The van der Waals surface area contributed by atoms with Crippen LogP contribution in [0.2, 0.25) is 5.02 Å². The number of ether oxygens (including phenoxy) is 1. The number of hydrogen-bond acceptors (Lipinski definition) is 3. The predicted molar refractivity (Wildman–Crippen MR) is 97.9 cm³/mol. The van der Waals surface area contributed by atoms with Crippen molar-refractivity contribution in [3.05, 3.63) is 70.9 Å². The molecule has 0 saturated heterocycles. The van der Waals surface area contributed by atoms with Crippen molar-refractivity contribution in [2.75, 3.05) is 13.2 Å². The molecule has 0 fully saturated rings. The van der Waals surface area contributed by atoms with Gasteiger partial charge in [0, 0.05) is 23.2 Å². The third-order valence-corrected chi connectivity index (χ3v) is 4.43. The molecule has 25 heavy (non-hydrogen) atoms. The first-order valence-electron chi connectivity index (χ1n) is 8.12. The van der Waals surface area contributed by atoms with Crippen LogP contribution in [0.4, 0.5) is 0 Å². The van der Waals surface area contributed by atoms with Gasteiger partial charge in [-0.3, -0.25) is 9.48 Å². The van der Waals surface area contributed by atoms with Gasteiger partial charge in [-0.25, -0.2) is 0 Å². The van der Waals surface area contributed by atoms with Crippen LogP contribution in [0.5, 0.6) is 5.88 Å². The quantitative estimate of drug-likeness (QED) is 0.766. The van der Waals surface area contributed by atoms with E-state index in [2.05, 4.69) is 11.7 Å². The Kier molecular flexibility index (Phi) is 5.24. The number of aromatic nitrogens is 2. The zero-order valence-corrected chi connectivity index (χ0v) is 14.9. The molecular weight excluding hydrogens is 338 g/mol. The monoisotopic (exact) mass is 357 g/mol. The lowest BCUT2D eigenvalue weighted by Crippen LogP contribution is -2.38. The maximum atomic E-state index is 12.6. The number of halogens is 1. The van der Waals surface area contributed by atoms with Crippen LogP contribution in [0, 0.1) is 0 Å². The molecule has 3 rings (SSSR count). The number of hydrogen-bond donors (Lipinski definition) is 0. The molecule has 0 spiro atoms. The summed E-state index contributed by atoms with van der Waals surface area (Å²) in [5.74, 6) is 0.562. The van der Waals surface area contributed by atoms with Crippen LogP contribution in [-0.2, 0) is 13.1 Å². The first kappa shape index (κ1) is 17.3. The van der Waals surface area contributed by atoms with Crippen LogP contribution in [-0.4, -0.2) is 33.7 Å². The second-order valence-corrected chi connectivity index (χ2v) is 6.22. The van der Waals surface area contributed by atoms with Gasteiger partial charge in [-0.05, 0) is 36.8 Å². The Bertz CT molecular complexity index is 809. The maximum absolute atomic E-state index is 12.6. The van der Waals surface area contributed by atoms with E-state index in [0.29, 0.717) is 42.7 Å². The summed E-state index contributed by atoms with van der Waals surface area (Å²) in [4.78, 5) is 14.4. The number of carbonyl (C=O) groups excluding carboxylic acids is 1. The number of nitrogens with zero attached hydrogens (tertiary/aromatic N) is 3. The molecule has 2 aromatic rings. The summed E-state index contributed by atoms with van der Waals surface area (Å²) in [6.07, 6.45) is 3.72. The van der Waals surface area contributed by atoms with E-state index in [1.807, 2.05) is 28.6 Å². The van der Waals surface area contributed by atoms with Gasteiger partial charge in [0.2, 0.25) is 5.88 Å². The highest BCUT2D eigenvalue weighted by molar-refractivity contribution is 6.30. The average molecular weight is 358 g/mol. The number of allylic oxidation sites excluding steroid dienone is 1. The van der Waals surface area contributed by atoms with Crippen molar-refractivity contribution in [1.29, 1.82) is 0 Å². The van der Waals surface area contributed by atoms with Crippen LogP contribution >= 0.6 is 11.6 Å². The average Bonchev–Trinajstić information content (AvgIpc) is 3.04. The normalized spacial score (nSPS) is 14.2. The zero-order chi connectivity index (χ0) is 17.8. The van der Waals surface area contributed by atoms with Crippen molar-refractivity contribution in [2.24, 2.45) is 0 Å². The van der Waals surface area contributed by atoms with E-state index in [0.717, 1.165) is 11.3 Å². The van der Waals surface area contributed by atoms with Crippen LogP contribution in [0.25, 0.3) is 0 Å². The molecule has 0 N–H and O–H groups in total. The third-order valence-electron chi connectivity index (χ3n) is 4.17. The van der Waals surface area contributed by atoms with E-state index < -0.39 is 0 Å². The number of amides is 1. The third kappa shape index (κ3) is 3.94. The lowest BCUT2D eigenvalue weighted by atomic mass is 10.2. The molecule has 0 aliphatic carbocycles. The Morgan fingerprint density at radius 2 is 2.12 bits per heavy atom. The highest BCUT2D eigenvalue weighted by Gasteiger charge is 2.23. The molecule has 1 aromatic carbocycles. The van der Waals surface area contributed by atoms with Crippen LogP contribution in [0.3, 0.4) is 0 Å². The molecule has 0 atom stereocenters. The molecule has 6 heteroatoms. The molecule has 1 aliphatic rings. The SMILES string of the molecule is C=C/C(=C\C)COc1cc2n(n1)CCN(C(=O)c1ccc(Cl)cc1)C2. The number of rotatable bonds is 5. The van der Waals surface area contributed by atoms with Gasteiger partial charge in [0.05, 0.1) is 18.8 Å². The molecule has 5 nitrogen and oxygen atoms in total. The summed E-state index contributed by atoms with van der Waals surface area (Å²) in [6.45, 7) is 7.90. The Hall–Kier alpha value is -2.53. The minimum atomic E-state index is -0.00514. The van der Waals surface area contributed by atoms with Crippen molar-refractivity contribution in [2.45, 2.75) is 20.0 Å². The number of fused-ring (bicyclic) bond motifs is 1. The van der Waals surface area contributed by atoms with Crippen molar-refractivity contribution < 1.29 is 9.53 Å². The zero-order valence-electron chi connectivity index (χ0n) is 14.1. The molecule has 0 saturated carbocycles.